The SMILES string of the molecule is COC(=O)C1(C)CCC2(C)CCC3(C)C4=CC(=O)c5c(cc6c(c5C)OC5(O)C(=O)C=C7C(=CC=C8C7(C)CCC7(C)C9CC(C)C(=O)CC9(C)CCC87C)C5(C)O6)C4(C)CCC3(C)C2C1. The van der Waals surface area contributed by atoms with Crippen LogP contribution >= 0.6 is 0 Å². The Morgan fingerprint density at radius 2 is 1.33 bits per heavy atom. The largest absolute Gasteiger partial charge is 0.471 e. The van der Waals surface area contributed by atoms with Crippen LogP contribution in [0, 0.1) is 68.0 Å². The van der Waals surface area contributed by atoms with Gasteiger partial charge in [0.15, 0.2) is 17.3 Å². The molecule has 1 aromatic carbocycles. The van der Waals surface area contributed by atoms with Gasteiger partial charge in [0.2, 0.25) is 11.4 Å². The first kappa shape index (κ1) is 44.7. The van der Waals surface area contributed by atoms with Crippen LogP contribution in [0.3, 0.4) is 0 Å². The maximum absolute atomic E-state index is 14.8. The van der Waals surface area contributed by atoms with Gasteiger partial charge >= 0.3 is 11.8 Å². The molecule has 0 spiro atoms. The number of aliphatic hydroxyl groups is 1. The molecular weight excluding hydrogens is 825 g/mol. The Kier molecular flexibility index (Phi) is 8.73. The summed E-state index contributed by atoms with van der Waals surface area (Å²) in [5.41, 5.74) is 2.53. The van der Waals surface area contributed by atoms with Crippen LogP contribution in [0.1, 0.15) is 181 Å². The molecule has 11 rings (SSSR count). The Labute approximate surface area is 392 Å². The van der Waals surface area contributed by atoms with Gasteiger partial charge in [-0.3, -0.25) is 19.2 Å². The molecule has 66 heavy (non-hydrogen) atoms. The fraction of sp³-hybridized carbons (Fsp3) is 0.690. The van der Waals surface area contributed by atoms with Crippen molar-refractivity contribution < 1.29 is 38.5 Å². The maximum atomic E-state index is 14.8. The summed E-state index contributed by atoms with van der Waals surface area (Å²) in [6.07, 6.45) is 19.6. The zero-order valence-electron chi connectivity index (χ0n) is 42.1. The quantitative estimate of drug-likeness (QED) is 0.277. The van der Waals surface area contributed by atoms with E-state index in [1.165, 1.54) is 18.3 Å². The van der Waals surface area contributed by atoms with Gasteiger partial charge in [0.05, 0.1) is 12.5 Å². The van der Waals surface area contributed by atoms with E-state index in [0.717, 1.165) is 93.8 Å². The number of allylic oxidation sites excluding steroid dienone is 5. The predicted molar refractivity (Wildman–Crippen MR) is 253 cm³/mol. The van der Waals surface area contributed by atoms with E-state index in [2.05, 4.69) is 81.4 Å². The van der Waals surface area contributed by atoms with Crippen molar-refractivity contribution in [2.45, 2.75) is 183 Å². The lowest BCUT2D eigenvalue weighted by Gasteiger charge is -2.69. The summed E-state index contributed by atoms with van der Waals surface area (Å²) in [5, 5.41) is 12.7. The molecule has 0 saturated heterocycles. The van der Waals surface area contributed by atoms with Gasteiger partial charge in [-0.25, -0.2) is 0 Å². The average molecular weight is 899 g/mol. The number of hydrogen-bond donors (Lipinski definition) is 1. The van der Waals surface area contributed by atoms with Crippen molar-refractivity contribution in [2.24, 2.45) is 61.1 Å². The number of ketones is 3. The van der Waals surface area contributed by atoms with Crippen molar-refractivity contribution in [3.8, 4) is 11.5 Å². The predicted octanol–water partition coefficient (Wildman–Crippen LogP) is 11.8. The summed E-state index contributed by atoms with van der Waals surface area (Å²) in [6.45, 7) is 27.0. The van der Waals surface area contributed by atoms with Gasteiger partial charge < -0.3 is 19.3 Å². The molecule has 1 heterocycles. The van der Waals surface area contributed by atoms with E-state index in [9.17, 15) is 24.3 Å². The van der Waals surface area contributed by atoms with Crippen LogP contribution in [0.15, 0.2) is 52.7 Å². The third-order valence-electron chi connectivity index (χ3n) is 23.3. The zero-order chi connectivity index (χ0) is 47.6. The first-order valence-corrected chi connectivity index (χ1v) is 25.5. The lowest BCUT2D eigenvalue weighted by atomic mass is 9.34. The minimum absolute atomic E-state index is 0.0157. The van der Waals surface area contributed by atoms with Crippen molar-refractivity contribution in [1.82, 2.24) is 0 Å². The van der Waals surface area contributed by atoms with Crippen molar-refractivity contribution in [1.29, 1.82) is 0 Å². The maximum Gasteiger partial charge on any atom is 0.317 e. The zero-order valence-corrected chi connectivity index (χ0v) is 42.1. The molecule has 8 heteroatoms. The summed E-state index contributed by atoms with van der Waals surface area (Å²) in [7, 11) is 1.51. The van der Waals surface area contributed by atoms with Gasteiger partial charge in [-0.05, 0) is 177 Å². The highest BCUT2D eigenvalue weighted by molar-refractivity contribution is 6.10. The van der Waals surface area contributed by atoms with Crippen molar-refractivity contribution in [3.63, 3.8) is 0 Å². The van der Waals surface area contributed by atoms with Gasteiger partial charge in [0.25, 0.3) is 0 Å². The number of Topliss-reactive ketones (excluding diaryl/α,β-unsaturated/α-hetero) is 1. The topological polar surface area (TPSA) is 116 Å². The summed E-state index contributed by atoms with van der Waals surface area (Å²) < 4.78 is 19.3. The number of hydrogen-bond acceptors (Lipinski definition) is 8. The van der Waals surface area contributed by atoms with Crippen LogP contribution in [0.2, 0.25) is 0 Å². The molecule has 14 unspecified atom stereocenters. The first-order valence-electron chi connectivity index (χ1n) is 25.5. The fourth-order valence-electron chi connectivity index (χ4n) is 18.4. The number of esters is 1. The Morgan fingerprint density at radius 1 is 0.712 bits per heavy atom. The van der Waals surface area contributed by atoms with E-state index in [1.54, 1.807) is 13.0 Å². The summed E-state index contributed by atoms with van der Waals surface area (Å²) in [6, 6.07) is 2.01. The third kappa shape index (κ3) is 4.92. The van der Waals surface area contributed by atoms with E-state index in [4.69, 9.17) is 14.2 Å². The Morgan fingerprint density at radius 3 is 2.02 bits per heavy atom. The minimum atomic E-state index is -2.36. The first-order chi connectivity index (χ1) is 30.6. The molecule has 6 fully saturated rings. The Hall–Kier alpha value is -3.78. The fourth-order valence-corrected chi connectivity index (χ4v) is 18.4. The molecule has 14 atom stereocenters. The number of rotatable bonds is 1. The number of benzene rings is 1. The average Bonchev–Trinajstić information content (AvgIpc) is 3.25. The summed E-state index contributed by atoms with van der Waals surface area (Å²) in [4.78, 5) is 56.0. The number of carbonyl (C=O) groups is 4. The molecular formula is C58H74O8. The second-order valence-electron chi connectivity index (χ2n) is 26.3. The van der Waals surface area contributed by atoms with Crippen LogP contribution in [-0.4, -0.2) is 46.9 Å². The molecule has 1 aliphatic heterocycles. The monoisotopic (exact) mass is 899 g/mol. The number of carbonyl (C=O) groups excluding carboxylic acids is 4. The standard InChI is InChI=1S/C58H74O8/c1-32-26-41-49(4,30-38(32)60)19-23-53(8)40-15-14-34-35(51(40,6)20-24-54(41,53)9)28-44(61)58(63)57(34,12)65-39-27-36-45(33(2)46(39)66-58)37(59)29-42-52(36,7)21-25-56(11)43-31-50(5,47(62)64-13)17-16-48(43,3)18-22-55(42,56)10/h14-15,27-29,32,41,43,63H,16-26,30-31H2,1-13H3. The third-order valence-corrected chi connectivity index (χ3v) is 23.3. The number of methoxy groups -OCH3 is 1. The van der Waals surface area contributed by atoms with E-state index >= 15 is 0 Å². The van der Waals surface area contributed by atoms with Gasteiger partial charge in [-0.15, -0.1) is 0 Å². The molecule has 354 valence electrons. The van der Waals surface area contributed by atoms with Gasteiger partial charge in [-0.2, -0.15) is 0 Å². The van der Waals surface area contributed by atoms with Crippen molar-refractivity contribution in [3.05, 3.63) is 69.4 Å². The normalized spacial score (nSPS) is 49.5. The molecule has 6 saturated carbocycles. The summed E-state index contributed by atoms with van der Waals surface area (Å²) in [5.74, 6) is -1.29. The lowest BCUT2D eigenvalue weighted by molar-refractivity contribution is -0.231. The van der Waals surface area contributed by atoms with Crippen molar-refractivity contribution in [2.75, 3.05) is 7.11 Å². The molecule has 10 aliphatic rings. The van der Waals surface area contributed by atoms with Crippen LogP contribution in [0.25, 0.3) is 0 Å². The molecule has 0 aromatic heterocycles. The van der Waals surface area contributed by atoms with Crippen LogP contribution in [-0.2, 0) is 24.5 Å². The second-order valence-corrected chi connectivity index (χ2v) is 26.3. The Bertz CT molecular complexity index is 2630. The lowest BCUT2D eigenvalue weighted by Crippen LogP contribution is -2.70. The molecule has 9 aliphatic carbocycles. The highest BCUT2D eigenvalue weighted by Crippen LogP contribution is 2.77. The summed E-state index contributed by atoms with van der Waals surface area (Å²) >= 11 is 0. The number of ether oxygens (including phenoxy) is 3. The van der Waals surface area contributed by atoms with Crippen molar-refractivity contribution >= 4 is 23.3 Å². The van der Waals surface area contributed by atoms with E-state index < -0.39 is 33.4 Å². The molecule has 0 radical (unpaired) electrons. The van der Waals surface area contributed by atoms with Gasteiger partial charge in [0.1, 0.15) is 5.78 Å². The van der Waals surface area contributed by atoms with E-state index in [0.29, 0.717) is 35.0 Å². The van der Waals surface area contributed by atoms with Gasteiger partial charge in [0, 0.05) is 39.9 Å². The van der Waals surface area contributed by atoms with Crippen LogP contribution in [0.5, 0.6) is 11.5 Å². The smallest absolute Gasteiger partial charge is 0.317 e. The van der Waals surface area contributed by atoms with Gasteiger partial charge in [-0.1, -0.05) is 80.0 Å². The molecule has 0 amide bonds. The molecule has 8 nitrogen and oxygen atoms in total. The van der Waals surface area contributed by atoms with Crippen LogP contribution < -0.4 is 9.47 Å². The Balaban J connectivity index is 0.986. The van der Waals surface area contributed by atoms with E-state index in [1.807, 2.05) is 19.1 Å². The number of fused-ring (bicyclic) bond motifs is 17. The molecule has 1 aromatic rings. The van der Waals surface area contributed by atoms with Crippen LogP contribution in [0.4, 0.5) is 0 Å². The highest BCUT2D eigenvalue weighted by atomic mass is 16.7. The molecule has 1 N–H and O–H groups in total. The van der Waals surface area contributed by atoms with E-state index in [-0.39, 0.29) is 61.8 Å². The molecule has 0 bridgehead atoms. The second kappa shape index (κ2) is 12.9. The minimum Gasteiger partial charge on any atom is -0.471 e. The highest BCUT2D eigenvalue weighted by Gasteiger charge is 2.72.